The summed E-state index contributed by atoms with van der Waals surface area (Å²) >= 11 is 0. The number of primary amides is 1. The van der Waals surface area contributed by atoms with E-state index in [1.807, 2.05) is 0 Å². The predicted octanol–water partition coefficient (Wildman–Crippen LogP) is -0.573. The van der Waals surface area contributed by atoms with E-state index in [0.717, 1.165) is 0 Å². The van der Waals surface area contributed by atoms with Gasteiger partial charge in [-0.25, -0.2) is 0 Å². The second kappa shape index (κ2) is 3.84. The molecule has 70 valence electrons. The molecule has 5 nitrogen and oxygen atoms in total. The summed E-state index contributed by atoms with van der Waals surface area (Å²) in [6.07, 6.45) is 3.24. The SMILES string of the molecule is Cc1nccn(CCC(N)=O)c1=O. The highest BCUT2D eigenvalue weighted by molar-refractivity contribution is 5.73. The van der Waals surface area contributed by atoms with E-state index < -0.39 is 5.91 Å². The molecular formula is C8H11N3O2. The second-order valence-corrected chi connectivity index (χ2v) is 2.73. The van der Waals surface area contributed by atoms with Crippen molar-refractivity contribution < 1.29 is 4.79 Å². The molecule has 0 spiro atoms. The summed E-state index contributed by atoms with van der Waals surface area (Å²) in [5, 5.41) is 0. The van der Waals surface area contributed by atoms with Gasteiger partial charge >= 0.3 is 0 Å². The van der Waals surface area contributed by atoms with Crippen LogP contribution in [0.4, 0.5) is 0 Å². The van der Waals surface area contributed by atoms with Crippen LogP contribution < -0.4 is 11.3 Å². The van der Waals surface area contributed by atoms with E-state index in [4.69, 9.17) is 5.73 Å². The van der Waals surface area contributed by atoms with Crippen LogP contribution in [0.15, 0.2) is 17.2 Å². The lowest BCUT2D eigenvalue weighted by molar-refractivity contribution is -0.118. The molecule has 0 aliphatic heterocycles. The number of nitrogens with two attached hydrogens (primary N) is 1. The van der Waals surface area contributed by atoms with Gasteiger partial charge in [0.15, 0.2) is 0 Å². The van der Waals surface area contributed by atoms with Crippen molar-refractivity contribution >= 4 is 5.91 Å². The largest absolute Gasteiger partial charge is 0.370 e. The van der Waals surface area contributed by atoms with Crippen molar-refractivity contribution in [1.82, 2.24) is 9.55 Å². The summed E-state index contributed by atoms with van der Waals surface area (Å²) in [6, 6.07) is 0. The van der Waals surface area contributed by atoms with Gasteiger partial charge in [0.2, 0.25) is 5.91 Å². The van der Waals surface area contributed by atoms with Gasteiger partial charge in [0.05, 0.1) is 0 Å². The maximum Gasteiger partial charge on any atom is 0.271 e. The van der Waals surface area contributed by atoms with Crippen LogP contribution in [0.3, 0.4) is 0 Å². The summed E-state index contributed by atoms with van der Waals surface area (Å²) in [7, 11) is 0. The van der Waals surface area contributed by atoms with E-state index in [-0.39, 0.29) is 12.0 Å². The molecule has 0 bridgehead atoms. The minimum absolute atomic E-state index is 0.170. The van der Waals surface area contributed by atoms with Gasteiger partial charge in [0.25, 0.3) is 5.56 Å². The first-order valence-corrected chi connectivity index (χ1v) is 3.91. The molecule has 1 amide bonds. The fraction of sp³-hybridized carbons (Fsp3) is 0.375. The van der Waals surface area contributed by atoms with Crippen LogP contribution in [-0.4, -0.2) is 15.5 Å². The number of aryl methyl sites for hydroxylation is 2. The number of rotatable bonds is 3. The molecule has 0 atom stereocenters. The first-order valence-electron chi connectivity index (χ1n) is 3.91. The number of hydrogen-bond acceptors (Lipinski definition) is 3. The summed E-state index contributed by atoms with van der Waals surface area (Å²) in [5.74, 6) is -0.415. The molecule has 1 rings (SSSR count). The second-order valence-electron chi connectivity index (χ2n) is 2.73. The third kappa shape index (κ3) is 2.40. The average Bonchev–Trinajstić information content (AvgIpc) is 2.07. The third-order valence-electron chi connectivity index (χ3n) is 1.68. The number of aromatic nitrogens is 2. The zero-order valence-corrected chi connectivity index (χ0v) is 7.36. The van der Waals surface area contributed by atoms with Crippen LogP contribution in [-0.2, 0) is 11.3 Å². The Bertz CT molecular complexity index is 370. The molecule has 0 unspecified atom stereocenters. The van der Waals surface area contributed by atoms with Gasteiger partial charge in [0, 0.05) is 25.4 Å². The van der Waals surface area contributed by atoms with Crippen LogP contribution in [0.5, 0.6) is 0 Å². The molecule has 0 radical (unpaired) electrons. The molecule has 0 aliphatic carbocycles. The van der Waals surface area contributed by atoms with Crippen molar-refractivity contribution in [3.63, 3.8) is 0 Å². The van der Waals surface area contributed by atoms with Crippen molar-refractivity contribution in [2.24, 2.45) is 5.73 Å². The van der Waals surface area contributed by atoms with E-state index in [9.17, 15) is 9.59 Å². The van der Waals surface area contributed by atoms with Crippen molar-refractivity contribution in [2.75, 3.05) is 0 Å². The summed E-state index contributed by atoms with van der Waals surface area (Å²) in [6.45, 7) is 1.95. The van der Waals surface area contributed by atoms with Crippen LogP contribution in [0.1, 0.15) is 12.1 Å². The van der Waals surface area contributed by atoms with Gasteiger partial charge in [-0.15, -0.1) is 0 Å². The van der Waals surface area contributed by atoms with Gasteiger partial charge < -0.3 is 10.3 Å². The minimum Gasteiger partial charge on any atom is -0.370 e. The maximum atomic E-state index is 11.3. The van der Waals surface area contributed by atoms with Gasteiger partial charge in [0.1, 0.15) is 5.69 Å². The Balaban J connectivity index is 2.84. The Hall–Kier alpha value is -1.65. The molecule has 2 N–H and O–H groups in total. The van der Waals surface area contributed by atoms with Crippen molar-refractivity contribution in [3.8, 4) is 0 Å². The van der Waals surface area contributed by atoms with E-state index in [1.54, 1.807) is 6.92 Å². The number of carbonyl (C=O) groups excluding carboxylic acids is 1. The Morgan fingerprint density at radius 1 is 1.69 bits per heavy atom. The van der Waals surface area contributed by atoms with Crippen LogP contribution in [0.25, 0.3) is 0 Å². The topological polar surface area (TPSA) is 78.0 Å². The summed E-state index contributed by atoms with van der Waals surface area (Å²) in [4.78, 5) is 25.6. The van der Waals surface area contributed by atoms with Crippen LogP contribution in [0, 0.1) is 6.92 Å². The monoisotopic (exact) mass is 181 g/mol. The Labute approximate surface area is 75.2 Å². The van der Waals surface area contributed by atoms with Crippen molar-refractivity contribution in [1.29, 1.82) is 0 Å². The molecule has 0 aromatic carbocycles. The van der Waals surface area contributed by atoms with Gasteiger partial charge in [-0.3, -0.25) is 14.6 Å². The zero-order chi connectivity index (χ0) is 9.84. The standard InChI is InChI=1S/C8H11N3O2/c1-6-8(13)11(5-3-10-6)4-2-7(9)12/h3,5H,2,4H2,1H3,(H2,9,12). The molecule has 0 saturated carbocycles. The molecular weight excluding hydrogens is 170 g/mol. The van der Waals surface area contributed by atoms with Gasteiger partial charge in [-0.1, -0.05) is 0 Å². The first kappa shape index (κ1) is 9.44. The van der Waals surface area contributed by atoms with Crippen molar-refractivity contribution in [2.45, 2.75) is 19.9 Å². The number of hydrogen-bond donors (Lipinski definition) is 1. The predicted molar refractivity (Wildman–Crippen MR) is 47.0 cm³/mol. The summed E-state index contributed by atoms with van der Waals surface area (Å²) in [5.41, 5.74) is 5.20. The molecule has 0 fully saturated rings. The molecule has 1 heterocycles. The fourth-order valence-electron chi connectivity index (χ4n) is 0.963. The van der Waals surface area contributed by atoms with Gasteiger partial charge in [-0.2, -0.15) is 0 Å². The molecule has 0 aliphatic rings. The Morgan fingerprint density at radius 2 is 2.38 bits per heavy atom. The van der Waals surface area contributed by atoms with E-state index in [0.29, 0.717) is 12.2 Å². The number of carbonyl (C=O) groups is 1. The maximum absolute atomic E-state index is 11.3. The van der Waals surface area contributed by atoms with Crippen molar-refractivity contribution in [3.05, 3.63) is 28.4 Å². The highest BCUT2D eigenvalue weighted by Gasteiger charge is 2.00. The van der Waals surface area contributed by atoms with Crippen LogP contribution in [0.2, 0.25) is 0 Å². The smallest absolute Gasteiger partial charge is 0.271 e. The van der Waals surface area contributed by atoms with E-state index >= 15 is 0 Å². The normalized spacial score (nSPS) is 9.92. The van der Waals surface area contributed by atoms with E-state index in [2.05, 4.69) is 4.98 Å². The zero-order valence-electron chi connectivity index (χ0n) is 7.36. The average molecular weight is 181 g/mol. The quantitative estimate of drug-likeness (QED) is 0.678. The Morgan fingerprint density at radius 3 is 3.00 bits per heavy atom. The number of nitrogens with zero attached hydrogens (tertiary/aromatic N) is 2. The minimum atomic E-state index is -0.415. The third-order valence-corrected chi connectivity index (χ3v) is 1.68. The van der Waals surface area contributed by atoms with Crippen LogP contribution >= 0.6 is 0 Å². The number of amides is 1. The molecule has 5 heteroatoms. The molecule has 1 aromatic heterocycles. The molecule has 1 aromatic rings. The Kier molecular flexibility index (Phi) is 2.79. The molecule has 0 saturated heterocycles. The van der Waals surface area contributed by atoms with E-state index in [1.165, 1.54) is 17.0 Å². The lowest BCUT2D eigenvalue weighted by atomic mass is 10.4. The first-order chi connectivity index (χ1) is 6.11. The fourth-order valence-corrected chi connectivity index (χ4v) is 0.963. The highest BCUT2D eigenvalue weighted by atomic mass is 16.1. The highest BCUT2D eigenvalue weighted by Crippen LogP contribution is 1.87. The lowest BCUT2D eigenvalue weighted by Gasteiger charge is -2.02. The lowest BCUT2D eigenvalue weighted by Crippen LogP contribution is -2.25. The van der Waals surface area contributed by atoms with Gasteiger partial charge in [-0.05, 0) is 6.92 Å². The molecule has 13 heavy (non-hydrogen) atoms. The summed E-state index contributed by atoms with van der Waals surface area (Å²) < 4.78 is 1.42.